The number of benzene rings is 2. The lowest BCUT2D eigenvalue weighted by Crippen LogP contribution is -2.34. The lowest BCUT2D eigenvalue weighted by molar-refractivity contribution is -0.126. The van der Waals surface area contributed by atoms with Crippen LogP contribution in [0.5, 0.6) is 11.5 Å². The van der Waals surface area contributed by atoms with Crippen LogP contribution < -0.4 is 9.47 Å². The molecule has 0 bridgehead atoms. The standard InChI is InChI=1S/C21H23NO3/c1-15-5-4-6-16(11-15)7-8-21(23)22-10-9-17-12-19(24-2)20(25-3)13-18(17)14-22/h4-8,11-13H,9-10,14H2,1-3H3. The quantitative estimate of drug-likeness (QED) is 0.800. The van der Waals surface area contributed by atoms with E-state index in [9.17, 15) is 4.79 Å². The number of rotatable bonds is 4. The van der Waals surface area contributed by atoms with Crippen LogP contribution in [0.2, 0.25) is 0 Å². The van der Waals surface area contributed by atoms with Gasteiger partial charge in [-0.15, -0.1) is 0 Å². The zero-order valence-electron chi connectivity index (χ0n) is 14.9. The van der Waals surface area contributed by atoms with Gasteiger partial charge in [-0.2, -0.15) is 0 Å². The highest BCUT2D eigenvalue weighted by atomic mass is 16.5. The van der Waals surface area contributed by atoms with Gasteiger partial charge in [0.25, 0.3) is 0 Å². The Morgan fingerprint density at radius 1 is 1.08 bits per heavy atom. The molecule has 1 aliphatic heterocycles. The maximum Gasteiger partial charge on any atom is 0.246 e. The van der Waals surface area contributed by atoms with Gasteiger partial charge in [-0.05, 0) is 48.2 Å². The number of nitrogens with zero attached hydrogens (tertiary/aromatic N) is 1. The van der Waals surface area contributed by atoms with Gasteiger partial charge in [0.05, 0.1) is 14.2 Å². The Bertz CT molecular complexity index is 811. The molecule has 4 nitrogen and oxygen atoms in total. The fourth-order valence-electron chi connectivity index (χ4n) is 3.12. The van der Waals surface area contributed by atoms with Crippen LogP contribution in [0.25, 0.3) is 6.08 Å². The zero-order valence-corrected chi connectivity index (χ0v) is 14.9. The molecule has 0 fully saturated rings. The third kappa shape index (κ3) is 3.85. The van der Waals surface area contributed by atoms with Crippen LogP contribution in [0.15, 0.2) is 42.5 Å². The van der Waals surface area contributed by atoms with E-state index in [-0.39, 0.29) is 5.91 Å². The summed E-state index contributed by atoms with van der Waals surface area (Å²) < 4.78 is 10.7. The van der Waals surface area contributed by atoms with E-state index in [0.29, 0.717) is 18.8 Å². The molecular weight excluding hydrogens is 314 g/mol. The molecule has 4 heteroatoms. The molecule has 1 amide bonds. The fraction of sp³-hybridized carbons (Fsp3) is 0.286. The van der Waals surface area contributed by atoms with Crippen molar-refractivity contribution in [1.29, 1.82) is 0 Å². The topological polar surface area (TPSA) is 38.8 Å². The predicted molar refractivity (Wildman–Crippen MR) is 98.9 cm³/mol. The molecule has 1 aliphatic rings. The Balaban J connectivity index is 1.74. The number of carbonyl (C=O) groups excluding carboxylic acids is 1. The van der Waals surface area contributed by atoms with E-state index < -0.39 is 0 Å². The molecule has 130 valence electrons. The molecule has 0 radical (unpaired) electrons. The van der Waals surface area contributed by atoms with Crippen LogP contribution in [0.3, 0.4) is 0 Å². The van der Waals surface area contributed by atoms with Crippen LogP contribution in [0, 0.1) is 6.92 Å². The van der Waals surface area contributed by atoms with Gasteiger partial charge < -0.3 is 14.4 Å². The zero-order chi connectivity index (χ0) is 17.8. The van der Waals surface area contributed by atoms with E-state index in [1.807, 2.05) is 48.2 Å². The first kappa shape index (κ1) is 17.1. The molecule has 1 heterocycles. The predicted octanol–water partition coefficient (Wildman–Crippen LogP) is 3.61. The second kappa shape index (κ2) is 7.43. The lowest BCUT2D eigenvalue weighted by atomic mass is 9.98. The highest BCUT2D eigenvalue weighted by Gasteiger charge is 2.21. The van der Waals surface area contributed by atoms with Crippen LogP contribution in [-0.4, -0.2) is 31.6 Å². The molecule has 0 atom stereocenters. The van der Waals surface area contributed by atoms with E-state index in [2.05, 4.69) is 6.07 Å². The fourth-order valence-corrected chi connectivity index (χ4v) is 3.12. The van der Waals surface area contributed by atoms with Crippen molar-refractivity contribution in [3.8, 4) is 11.5 Å². The van der Waals surface area contributed by atoms with E-state index in [0.717, 1.165) is 23.3 Å². The summed E-state index contributed by atoms with van der Waals surface area (Å²) in [4.78, 5) is 14.4. The van der Waals surface area contributed by atoms with E-state index >= 15 is 0 Å². The number of ether oxygens (including phenoxy) is 2. The van der Waals surface area contributed by atoms with Gasteiger partial charge in [-0.3, -0.25) is 4.79 Å². The van der Waals surface area contributed by atoms with Crippen molar-refractivity contribution in [2.75, 3.05) is 20.8 Å². The summed E-state index contributed by atoms with van der Waals surface area (Å²) in [6, 6.07) is 12.1. The second-order valence-electron chi connectivity index (χ2n) is 6.23. The summed E-state index contributed by atoms with van der Waals surface area (Å²) in [5.41, 5.74) is 4.55. The smallest absolute Gasteiger partial charge is 0.246 e. The Labute approximate surface area is 148 Å². The van der Waals surface area contributed by atoms with Crippen molar-refractivity contribution >= 4 is 12.0 Å². The molecule has 2 aromatic carbocycles. The molecule has 25 heavy (non-hydrogen) atoms. The van der Waals surface area contributed by atoms with E-state index in [1.165, 1.54) is 11.1 Å². The number of amides is 1. The molecule has 0 N–H and O–H groups in total. The van der Waals surface area contributed by atoms with Crippen molar-refractivity contribution in [2.24, 2.45) is 0 Å². The van der Waals surface area contributed by atoms with Gasteiger partial charge in [0.1, 0.15) is 0 Å². The Kier molecular flexibility index (Phi) is 5.08. The maximum absolute atomic E-state index is 12.5. The average molecular weight is 337 g/mol. The lowest BCUT2D eigenvalue weighted by Gasteiger charge is -2.28. The van der Waals surface area contributed by atoms with Crippen molar-refractivity contribution in [2.45, 2.75) is 19.9 Å². The largest absolute Gasteiger partial charge is 0.493 e. The minimum atomic E-state index is 0.0296. The Morgan fingerprint density at radius 3 is 2.48 bits per heavy atom. The average Bonchev–Trinajstić information content (AvgIpc) is 2.64. The van der Waals surface area contributed by atoms with Crippen molar-refractivity contribution in [1.82, 2.24) is 4.90 Å². The molecule has 3 rings (SSSR count). The third-order valence-corrected chi connectivity index (χ3v) is 4.49. The summed E-state index contributed by atoms with van der Waals surface area (Å²) >= 11 is 0. The van der Waals surface area contributed by atoms with Crippen molar-refractivity contribution in [3.05, 3.63) is 64.7 Å². The molecule has 0 spiro atoms. The molecule has 0 unspecified atom stereocenters. The number of carbonyl (C=O) groups is 1. The number of methoxy groups -OCH3 is 2. The first-order valence-corrected chi connectivity index (χ1v) is 8.38. The monoisotopic (exact) mass is 337 g/mol. The van der Waals surface area contributed by atoms with Crippen molar-refractivity contribution < 1.29 is 14.3 Å². The minimum absolute atomic E-state index is 0.0296. The van der Waals surface area contributed by atoms with Crippen LogP contribution in [0.4, 0.5) is 0 Å². The van der Waals surface area contributed by atoms with Gasteiger partial charge in [-0.25, -0.2) is 0 Å². The van der Waals surface area contributed by atoms with Gasteiger partial charge in [-0.1, -0.05) is 29.8 Å². The maximum atomic E-state index is 12.5. The van der Waals surface area contributed by atoms with Crippen molar-refractivity contribution in [3.63, 3.8) is 0 Å². The van der Waals surface area contributed by atoms with E-state index in [1.54, 1.807) is 20.3 Å². The molecule has 0 aliphatic carbocycles. The second-order valence-corrected chi connectivity index (χ2v) is 6.23. The van der Waals surface area contributed by atoms with E-state index in [4.69, 9.17) is 9.47 Å². The van der Waals surface area contributed by atoms with Crippen LogP contribution >= 0.6 is 0 Å². The SMILES string of the molecule is COc1cc2c(cc1OC)CN(C(=O)C=Cc1cccc(C)c1)CC2. The summed E-state index contributed by atoms with van der Waals surface area (Å²) in [6.45, 7) is 3.34. The Morgan fingerprint density at radius 2 is 1.80 bits per heavy atom. The van der Waals surface area contributed by atoms with Crippen LogP contribution in [-0.2, 0) is 17.8 Å². The summed E-state index contributed by atoms with van der Waals surface area (Å²) in [7, 11) is 3.26. The molecular formula is C21H23NO3. The van der Waals surface area contributed by atoms with Gasteiger partial charge in [0, 0.05) is 19.2 Å². The molecule has 0 aromatic heterocycles. The number of hydrogen-bond acceptors (Lipinski definition) is 3. The molecule has 2 aromatic rings. The highest BCUT2D eigenvalue weighted by molar-refractivity contribution is 5.92. The normalized spacial score (nSPS) is 13.6. The summed E-state index contributed by atoms with van der Waals surface area (Å²) in [6.07, 6.45) is 4.35. The number of aryl methyl sites for hydroxylation is 1. The summed E-state index contributed by atoms with van der Waals surface area (Å²) in [5.74, 6) is 1.47. The Hall–Kier alpha value is -2.75. The number of fused-ring (bicyclic) bond motifs is 1. The van der Waals surface area contributed by atoms with Gasteiger partial charge >= 0.3 is 0 Å². The first-order chi connectivity index (χ1) is 12.1. The minimum Gasteiger partial charge on any atom is -0.493 e. The van der Waals surface area contributed by atoms with Gasteiger partial charge in [0.2, 0.25) is 5.91 Å². The summed E-state index contributed by atoms with van der Waals surface area (Å²) in [5, 5.41) is 0. The molecule has 0 saturated carbocycles. The molecule has 0 saturated heterocycles. The van der Waals surface area contributed by atoms with Gasteiger partial charge in [0.15, 0.2) is 11.5 Å². The van der Waals surface area contributed by atoms with Crippen LogP contribution in [0.1, 0.15) is 22.3 Å². The first-order valence-electron chi connectivity index (χ1n) is 8.38. The highest BCUT2D eigenvalue weighted by Crippen LogP contribution is 2.33. The third-order valence-electron chi connectivity index (χ3n) is 4.49. The number of hydrogen-bond donors (Lipinski definition) is 0.